The van der Waals surface area contributed by atoms with Gasteiger partial charge in [-0.25, -0.2) is 4.68 Å². The van der Waals surface area contributed by atoms with Gasteiger partial charge in [0.25, 0.3) is 5.56 Å². The van der Waals surface area contributed by atoms with Crippen molar-refractivity contribution in [1.82, 2.24) is 24.9 Å². The summed E-state index contributed by atoms with van der Waals surface area (Å²) < 4.78 is 6.80. The Labute approximate surface area is 144 Å². The number of nitrogens with zero attached hydrogens (tertiary/aromatic N) is 6. The van der Waals surface area contributed by atoms with Crippen LogP contribution < -0.4 is 10.5 Å². The first-order valence-electron chi connectivity index (χ1n) is 8.26. The molecule has 1 saturated heterocycles. The quantitative estimate of drug-likeness (QED) is 0.714. The van der Waals surface area contributed by atoms with Crippen LogP contribution >= 0.6 is 0 Å². The highest BCUT2D eigenvalue weighted by Crippen LogP contribution is 2.24. The van der Waals surface area contributed by atoms with Gasteiger partial charge in [0.2, 0.25) is 0 Å². The maximum absolute atomic E-state index is 12.3. The summed E-state index contributed by atoms with van der Waals surface area (Å²) in [6, 6.07) is 7.66. The second-order valence-electron chi connectivity index (χ2n) is 6.09. The van der Waals surface area contributed by atoms with E-state index in [9.17, 15) is 4.79 Å². The molecule has 0 saturated carbocycles. The lowest BCUT2D eigenvalue weighted by molar-refractivity contribution is 0.394. The van der Waals surface area contributed by atoms with E-state index in [1.165, 1.54) is 4.68 Å². The number of aromatic nitrogens is 5. The molecular weight excluding hydrogens is 320 g/mol. The Balaban J connectivity index is 1.60. The normalized spacial score (nSPS) is 17.2. The molecule has 0 amide bonds. The minimum Gasteiger partial charge on any atom is -0.320 e. The van der Waals surface area contributed by atoms with E-state index >= 15 is 0 Å². The highest BCUT2D eigenvalue weighted by atomic mass is 16.5. The largest absolute Gasteiger partial charge is 0.324 e. The first kappa shape index (κ1) is 15.5. The van der Waals surface area contributed by atoms with Crippen LogP contribution in [0.4, 0.5) is 6.01 Å². The van der Waals surface area contributed by atoms with Crippen molar-refractivity contribution in [2.24, 2.45) is 0 Å². The molecule has 0 aromatic carbocycles. The zero-order chi connectivity index (χ0) is 17.2. The Bertz CT molecular complexity index is 920. The number of anilines is 1. The van der Waals surface area contributed by atoms with Crippen LogP contribution in [0.25, 0.3) is 11.3 Å². The van der Waals surface area contributed by atoms with Crippen LogP contribution in [0.15, 0.2) is 46.0 Å². The molecular formula is C17H18N6O2. The van der Waals surface area contributed by atoms with Crippen molar-refractivity contribution < 1.29 is 4.52 Å². The zero-order valence-corrected chi connectivity index (χ0v) is 13.9. The Kier molecular flexibility index (Phi) is 4.01. The minimum absolute atomic E-state index is 0.106. The SMILES string of the molecule is Cc1noc(N2CCCC2Cn2nc(-c3cccnc3)ccc2=O)n1. The Morgan fingerprint density at radius 2 is 2.24 bits per heavy atom. The second kappa shape index (κ2) is 6.46. The van der Waals surface area contributed by atoms with Crippen molar-refractivity contribution >= 4 is 6.01 Å². The lowest BCUT2D eigenvalue weighted by Gasteiger charge is -2.22. The molecule has 0 aliphatic carbocycles. The van der Waals surface area contributed by atoms with E-state index in [1.54, 1.807) is 31.5 Å². The summed E-state index contributed by atoms with van der Waals surface area (Å²) in [6.45, 7) is 3.11. The summed E-state index contributed by atoms with van der Waals surface area (Å²) in [5, 5.41) is 8.37. The summed E-state index contributed by atoms with van der Waals surface area (Å²) in [4.78, 5) is 22.7. The Morgan fingerprint density at radius 3 is 3.00 bits per heavy atom. The molecule has 1 fully saturated rings. The predicted molar refractivity (Wildman–Crippen MR) is 91.1 cm³/mol. The third kappa shape index (κ3) is 3.15. The fourth-order valence-electron chi connectivity index (χ4n) is 3.13. The van der Waals surface area contributed by atoms with Gasteiger partial charge in [0, 0.05) is 30.6 Å². The molecule has 1 aliphatic heterocycles. The van der Waals surface area contributed by atoms with Gasteiger partial charge in [-0.2, -0.15) is 10.1 Å². The molecule has 25 heavy (non-hydrogen) atoms. The smallest absolute Gasteiger partial charge is 0.320 e. The molecule has 4 rings (SSSR count). The third-order valence-corrected chi connectivity index (χ3v) is 4.35. The average molecular weight is 338 g/mol. The average Bonchev–Trinajstić information content (AvgIpc) is 3.26. The molecule has 8 nitrogen and oxygen atoms in total. The standard InChI is InChI=1S/C17H18N6O2/c1-12-19-17(25-21-12)22-9-3-5-14(22)11-23-16(24)7-6-15(20-23)13-4-2-8-18-10-13/h2,4,6-8,10,14H,3,5,9,11H2,1H3. The third-order valence-electron chi connectivity index (χ3n) is 4.35. The fraction of sp³-hybridized carbons (Fsp3) is 0.353. The molecule has 0 N–H and O–H groups in total. The van der Waals surface area contributed by atoms with Crippen molar-refractivity contribution in [2.45, 2.75) is 32.4 Å². The maximum atomic E-state index is 12.3. The van der Waals surface area contributed by atoms with Gasteiger partial charge < -0.3 is 9.42 Å². The topological polar surface area (TPSA) is 89.9 Å². The van der Waals surface area contributed by atoms with Crippen LogP contribution in [0.1, 0.15) is 18.7 Å². The van der Waals surface area contributed by atoms with E-state index in [2.05, 4.69) is 25.1 Å². The highest BCUT2D eigenvalue weighted by Gasteiger charge is 2.29. The number of hydrogen-bond acceptors (Lipinski definition) is 7. The van der Waals surface area contributed by atoms with Crippen LogP contribution in [0.3, 0.4) is 0 Å². The number of aryl methyl sites for hydroxylation is 1. The second-order valence-corrected chi connectivity index (χ2v) is 6.09. The predicted octanol–water partition coefficient (Wildman–Crippen LogP) is 1.67. The van der Waals surface area contributed by atoms with Crippen molar-refractivity contribution in [1.29, 1.82) is 0 Å². The Hall–Kier alpha value is -3.03. The van der Waals surface area contributed by atoms with E-state index in [-0.39, 0.29) is 11.6 Å². The van der Waals surface area contributed by atoms with Crippen LogP contribution in [0, 0.1) is 6.92 Å². The number of pyridine rings is 1. The summed E-state index contributed by atoms with van der Waals surface area (Å²) in [5.41, 5.74) is 1.49. The van der Waals surface area contributed by atoms with Crippen molar-refractivity contribution in [3.63, 3.8) is 0 Å². The minimum atomic E-state index is -0.124. The van der Waals surface area contributed by atoms with Gasteiger partial charge in [0.05, 0.1) is 18.3 Å². The van der Waals surface area contributed by atoms with Crippen LogP contribution in [0.2, 0.25) is 0 Å². The molecule has 0 bridgehead atoms. The monoisotopic (exact) mass is 338 g/mol. The molecule has 128 valence electrons. The van der Waals surface area contributed by atoms with Gasteiger partial charge in [0.1, 0.15) is 0 Å². The van der Waals surface area contributed by atoms with Crippen LogP contribution in [-0.2, 0) is 6.54 Å². The van der Waals surface area contributed by atoms with E-state index in [0.29, 0.717) is 18.4 Å². The van der Waals surface area contributed by atoms with Crippen molar-refractivity contribution in [2.75, 3.05) is 11.4 Å². The van der Waals surface area contributed by atoms with E-state index < -0.39 is 0 Å². The number of rotatable bonds is 4. The molecule has 3 aromatic heterocycles. The lowest BCUT2D eigenvalue weighted by atomic mass is 10.2. The molecule has 1 unspecified atom stereocenters. The molecule has 0 radical (unpaired) electrons. The van der Waals surface area contributed by atoms with Gasteiger partial charge in [-0.15, -0.1) is 0 Å². The highest BCUT2D eigenvalue weighted by molar-refractivity contribution is 5.56. The summed E-state index contributed by atoms with van der Waals surface area (Å²) in [5.74, 6) is 0.606. The molecule has 8 heteroatoms. The molecule has 0 spiro atoms. The number of hydrogen-bond donors (Lipinski definition) is 0. The van der Waals surface area contributed by atoms with Crippen LogP contribution in [0.5, 0.6) is 0 Å². The molecule has 1 atom stereocenters. The summed E-state index contributed by atoms with van der Waals surface area (Å²) >= 11 is 0. The first-order chi connectivity index (χ1) is 12.2. The molecule has 1 aliphatic rings. The summed E-state index contributed by atoms with van der Waals surface area (Å²) in [7, 11) is 0. The van der Waals surface area contributed by atoms with Crippen molar-refractivity contribution in [3.05, 3.63) is 52.8 Å². The van der Waals surface area contributed by atoms with Gasteiger partial charge in [-0.05, 0) is 38.0 Å². The van der Waals surface area contributed by atoms with Crippen molar-refractivity contribution in [3.8, 4) is 11.3 Å². The van der Waals surface area contributed by atoms with E-state index in [1.807, 2.05) is 12.1 Å². The maximum Gasteiger partial charge on any atom is 0.324 e. The fourth-order valence-corrected chi connectivity index (χ4v) is 3.13. The zero-order valence-electron chi connectivity index (χ0n) is 13.9. The van der Waals surface area contributed by atoms with Gasteiger partial charge in [-0.3, -0.25) is 9.78 Å². The van der Waals surface area contributed by atoms with Gasteiger partial charge in [0.15, 0.2) is 5.82 Å². The molecule has 3 aromatic rings. The van der Waals surface area contributed by atoms with Gasteiger partial charge in [-0.1, -0.05) is 5.16 Å². The first-order valence-corrected chi connectivity index (χ1v) is 8.26. The van der Waals surface area contributed by atoms with Crippen LogP contribution in [-0.4, -0.2) is 37.5 Å². The van der Waals surface area contributed by atoms with E-state index in [0.717, 1.165) is 30.6 Å². The lowest BCUT2D eigenvalue weighted by Crippen LogP contribution is -2.37. The Morgan fingerprint density at radius 1 is 1.32 bits per heavy atom. The van der Waals surface area contributed by atoms with E-state index in [4.69, 9.17) is 4.52 Å². The van der Waals surface area contributed by atoms with Gasteiger partial charge >= 0.3 is 6.01 Å². The molecule has 4 heterocycles. The summed E-state index contributed by atoms with van der Waals surface area (Å²) in [6.07, 6.45) is 5.42.